The van der Waals surface area contributed by atoms with E-state index in [4.69, 9.17) is 15.7 Å². The Balaban J connectivity index is 2.61. The van der Waals surface area contributed by atoms with E-state index in [1.165, 1.54) is 0 Å². The third kappa shape index (κ3) is 8.24. The van der Waals surface area contributed by atoms with Gasteiger partial charge in [-0.05, 0) is 46.5 Å². The highest BCUT2D eigenvalue weighted by molar-refractivity contribution is 5.86. The van der Waals surface area contributed by atoms with Gasteiger partial charge in [-0.25, -0.2) is 4.79 Å². The second kappa shape index (κ2) is 9.71. The van der Waals surface area contributed by atoms with Crippen LogP contribution >= 0.6 is 0 Å². The van der Waals surface area contributed by atoms with Crippen molar-refractivity contribution in [1.82, 2.24) is 15.5 Å². The van der Waals surface area contributed by atoms with E-state index in [-0.39, 0.29) is 11.9 Å². The number of nitrogens with one attached hydrogen (secondary N) is 2. The molecule has 140 valence electrons. The maximum atomic E-state index is 12.6. The van der Waals surface area contributed by atoms with Gasteiger partial charge in [0.2, 0.25) is 11.9 Å². The predicted octanol–water partition coefficient (Wildman–Crippen LogP) is 0.668. The van der Waals surface area contributed by atoms with E-state index in [2.05, 4.69) is 15.6 Å². The molecule has 1 fully saturated rings. The molecule has 0 aromatic rings. The van der Waals surface area contributed by atoms with Gasteiger partial charge in [-0.15, -0.1) is 0 Å². The molecule has 0 spiro atoms. The lowest BCUT2D eigenvalue weighted by Gasteiger charge is -2.26. The van der Waals surface area contributed by atoms with Crippen molar-refractivity contribution in [3.05, 3.63) is 0 Å². The van der Waals surface area contributed by atoms with Gasteiger partial charge in [-0.1, -0.05) is 0 Å². The Bertz CT molecular complexity index is 529. The highest BCUT2D eigenvalue weighted by atomic mass is 16.6. The van der Waals surface area contributed by atoms with E-state index in [0.29, 0.717) is 32.5 Å². The number of alkyl carbamates (subject to hydrolysis) is 1. The van der Waals surface area contributed by atoms with E-state index in [9.17, 15) is 9.59 Å². The molecule has 0 saturated carbocycles. The fourth-order valence-electron chi connectivity index (χ4n) is 2.46. The van der Waals surface area contributed by atoms with Gasteiger partial charge < -0.3 is 20.7 Å². The summed E-state index contributed by atoms with van der Waals surface area (Å²) in [6.45, 7) is 7.07. The summed E-state index contributed by atoms with van der Waals surface area (Å²) in [4.78, 5) is 30.4. The van der Waals surface area contributed by atoms with Gasteiger partial charge in [-0.2, -0.15) is 5.26 Å². The molecule has 2 amide bonds. The molecule has 9 heteroatoms. The van der Waals surface area contributed by atoms with Crippen LogP contribution in [0.1, 0.15) is 46.5 Å². The number of rotatable bonds is 6. The van der Waals surface area contributed by atoms with Crippen LogP contribution in [0.15, 0.2) is 4.99 Å². The van der Waals surface area contributed by atoms with Crippen molar-refractivity contribution >= 4 is 18.0 Å². The second-order valence-electron chi connectivity index (χ2n) is 6.88. The van der Waals surface area contributed by atoms with Crippen LogP contribution in [0.2, 0.25) is 0 Å². The Morgan fingerprint density at radius 2 is 2.00 bits per heavy atom. The first kappa shape index (κ1) is 20.5. The Morgan fingerprint density at radius 3 is 2.56 bits per heavy atom. The molecule has 1 aliphatic rings. The molecule has 0 aromatic carbocycles. The Hall–Kier alpha value is -2.50. The summed E-state index contributed by atoms with van der Waals surface area (Å²) in [6, 6.07) is -0.659. The Kier molecular flexibility index (Phi) is 7.98. The summed E-state index contributed by atoms with van der Waals surface area (Å²) >= 11 is 0. The number of nitriles is 1. The summed E-state index contributed by atoms with van der Waals surface area (Å²) < 4.78 is 5.24. The second-order valence-corrected chi connectivity index (χ2v) is 6.88. The third-order valence-corrected chi connectivity index (χ3v) is 3.52. The molecule has 0 aromatic heterocycles. The van der Waals surface area contributed by atoms with E-state index in [1.807, 2.05) is 0 Å². The third-order valence-electron chi connectivity index (χ3n) is 3.52. The maximum Gasteiger partial charge on any atom is 0.408 e. The zero-order valence-electron chi connectivity index (χ0n) is 15.2. The zero-order chi connectivity index (χ0) is 18.9. The standard InChI is InChI=1S/C16H28N6O3/c1-16(2,3)25-15(24)21-12(13(23)22-9-4-5-10-22)7-6-8-19-14(18)20-11-17/h12H,4-10H2,1-3H3,(H,21,24)(H3,18,19,20). The summed E-state index contributed by atoms with van der Waals surface area (Å²) in [6.07, 6.45) is 3.97. The highest BCUT2D eigenvalue weighted by Crippen LogP contribution is 2.13. The molecule has 4 N–H and O–H groups in total. The predicted molar refractivity (Wildman–Crippen MR) is 93.4 cm³/mol. The van der Waals surface area contributed by atoms with E-state index >= 15 is 0 Å². The minimum absolute atomic E-state index is 0.0324. The Morgan fingerprint density at radius 1 is 1.36 bits per heavy atom. The van der Waals surface area contributed by atoms with Crippen LogP contribution in [-0.4, -0.2) is 54.1 Å². The lowest BCUT2D eigenvalue weighted by Crippen LogP contribution is -2.49. The van der Waals surface area contributed by atoms with Crippen LogP contribution in [0.3, 0.4) is 0 Å². The first-order chi connectivity index (χ1) is 11.7. The molecule has 0 aliphatic carbocycles. The number of likely N-dealkylation sites (tertiary alicyclic amines) is 1. The van der Waals surface area contributed by atoms with Gasteiger partial charge in [-0.3, -0.25) is 15.1 Å². The topological polar surface area (TPSA) is 133 Å². The molecule has 1 saturated heterocycles. The smallest absolute Gasteiger partial charge is 0.408 e. The summed E-state index contributed by atoms with van der Waals surface area (Å²) in [5.41, 5.74) is 4.83. The van der Waals surface area contributed by atoms with Gasteiger partial charge in [0.1, 0.15) is 11.6 Å². The zero-order valence-corrected chi connectivity index (χ0v) is 15.2. The number of aliphatic imine (C=N–C) groups is 1. The molecule has 9 nitrogen and oxygen atoms in total. The number of amides is 2. The van der Waals surface area contributed by atoms with E-state index in [1.54, 1.807) is 31.9 Å². The van der Waals surface area contributed by atoms with Gasteiger partial charge in [0, 0.05) is 19.6 Å². The van der Waals surface area contributed by atoms with E-state index < -0.39 is 17.7 Å². The number of ether oxygens (including phenoxy) is 1. The minimum atomic E-state index is -0.659. The van der Waals surface area contributed by atoms with Crippen molar-refractivity contribution in [2.75, 3.05) is 19.6 Å². The van der Waals surface area contributed by atoms with Gasteiger partial charge in [0.25, 0.3) is 0 Å². The summed E-state index contributed by atoms with van der Waals surface area (Å²) in [5.74, 6) is -0.0690. The summed E-state index contributed by atoms with van der Waals surface area (Å²) in [5, 5.41) is 13.3. The minimum Gasteiger partial charge on any atom is -0.444 e. The van der Waals surface area contributed by atoms with Crippen LogP contribution in [0, 0.1) is 11.5 Å². The quantitative estimate of drug-likeness (QED) is 0.211. The molecular formula is C16H28N6O3. The first-order valence-electron chi connectivity index (χ1n) is 8.46. The van der Waals surface area contributed by atoms with Crippen molar-refractivity contribution in [2.24, 2.45) is 10.7 Å². The van der Waals surface area contributed by atoms with Crippen LogP contribution in [0.25, 0.3) is 0 Å². The van der Waals surface area contributed by atoms with Crippen molar-refractivity contribution in [2.45, 2.75) is 58.1 Å². The van der Waals surface area contributed by atoms with Crippen molar-refractivity contribution in [3.8, 4) is 6.19 Å². The molecular weight excluding hydrogens is 324 g/mol. The lowest BCUT2D eigenvalue weighted by atomic mass is 10.1. The largest absolute Gasteiger partial charge is 0.444 e. The normalized spacial score (nSPS) is 16.1. The molecule has 25 heavy (non-hydrogen) atoms. The number of guanidine groups is 1. The van der Waals surface area contributed by atoms with Crippen LogP contribution < -0.4 is 16.4 Å². The maximum absolute atomic E-state index is 12.6. The fourth-order valence-corrected chi connectivity index (χ4v) is 2.46. The molecule has 1 atom stereocenters. The van der Waals surface area contributed by atoms with Crippen LogP contribution in [0.4, 0.5) is 4.79 Å². The van der Waals surface area contributed by atoms with Crippen LogP contribution in [0.5, 0.6) is 0 Å². The summed E-state index contributed by atoms with van der Waals surface area (Å²) in [7, 11) is 0. The molecule has 1 aliphatic heterocycles. The Labute approximate surface area is 148 Å². The van der Waals surface area contributed by atoms with Gasteiger partial charge >= 0.3 is 6.09 Å². The number of nitrogens with zero attached hydrogens (tertiary/aromatic N) is 3. The molecule has 1 unspecified atom stereocenters. The van der Waals surface area contributed by atoms with Crippen molar-refractivity contribution in [3.63, 3.8) is 0 Å². The SMILES string of the molecule is CC(C)(C)OC(=O)NC(CCCN=C(N)NC#N)C(=O)N1CCCC1. The molecule has 1 rings (SSSR count). The van der Waals surface area contributed by atoms with Gasteiger partial charge in [0.05, 0.1) is 0 Å². The lowest BCUT2D eigenvalue weighted by molar-refractivity contribution is -0.132. The van der Waals surface area contributed by atoms with Gasteiger partial charge in [0.15, 0.2) is 6.19 Å². The number of carbonyl (C=O) groups is 2. The van der Waals surface area contributed by atoms with Crippen LogP contribution in [-0.2, 0) is 9.53 Å². The molecule has 0 radical (unpaired) electrons. The average Bonchev–Trinajstić information content (AvgIpc) is 3.02. The average molecular weight is 352 g/mol. The first-order valence-corrected chi connectivity index (χ1v) is 8.46. The molecule has 1 heterocycles. The molecule has 0 bridgehead atoms. The van der Waals surface area contributed by atoms with E-state index in [0.717, 1.165) is 12.8 Å². The van der Waals surface area contributed by atoms with Crippen molar-refractivity contribution in [1.29, 1.82) is 5.26 Å². The number of carbonyl (C=O) groups excluding carboxylic acids is 2. The number of nitrogens with two attached hydrogens (primary N) is 1. The number of hydrogen-bond donors (Lipinski definition) is 3. The number of hydrogen-bond acceptors (Lipinski definition) is 5. The highest BCUT2D eigenvalue weighted by Gasteiger charge is 2.29. The monoisotopic (exact) mass is 352 g/mol. The van der Waals surface area contributed by atoms with Crippen molar-refractivity contribution < 1.29 is 14.3 Å². The fraction of sp³-hybridized carbons (Fsp3) is 0.750.